The number of hydrogen-bond acceptors (Lipinski definition) is 3. The number of halogens is 2. The molecule has 0 aliphatic heterocycles. The topological polar surface area (TPSA) is 46.4 Å². The summed E-state index contributed by atoms with van der Waals surface area (Å²) in [6.45, 7) is 2.38. The Bertz CT molecular complexity index is 1120. The molecule has 136 valence electrons. The van der Waals surface area contributed by atoms with Gasteiger partial charge in [-0.25, -0.2) is 9.37 Å². The Morgan fingerprint density at radius 2 is 1.89 bits per heavy atom. The van der Waals surface area contributed by atoms with E-state index in [2.05, 4.69) is 32.9 Å². The summed E-state index contributed by atoms with van der Waals surface area (Å²) >= 11 is 3.61. The number of carbonyl (C=O) groups is 1. The third kappa shape index (κ3) is 3.74. The van der Waals surface area contributed by atoms with Gasteiger partial charge in [0.25, 0.3) is 5.91 Å². The van der Waals surface area contributed by atoms with E-state index in [-0.39, 0.29) is 11.7 Å². The van der Waals surface area contributed by atoms with E-state index in [9.17, 15) is 9.18 Å². The highest BCUT2D eigenvalue weighted by molar-refractivity contribution is 14.1. The molecule has 2 aromatic carbocycles. The largest absolute Gasteiger partial charge is 0.347 e. The van der Waals surface area contributed by atoms with Gasteiger partial charge in [0.2, 0.25) is 0 Å². The molecule has 0 aliphatic carbocycles. The number of fused-ring (bicyclic) bond motifs is 1. The number of benzene rings is 2. The molecule has 0 aliphatic rings. The van der Waals surface area contributed by atoms with Crippen LogP contribution in [0.5, 0.6) is 0 Å². The fraction of sp³-hybridized carbons (Fsp3) is 0.100. The Morgan fingerprint density at radius 1 is 1.19 bits per heavy atom. The summed E-state index contributed by atoms with van der Waals surface area (Å²) in [5.41, 5.74) is 3.50. The molecule has 0 atom stereocenters. The van der Waals surface area contributed by atoms with Crippen LogP contribution in [0, 0.1) is 16.3 Å². The van der Waals surface area contributed by atoms with Crippen molar-refractivity contribution in [3.8, 4) is 11.3 Å². The van der Waals surface area contributed by atoms with Crippen LogP contribution in [-0.4, -0.2) is 15.3 Å². The molecule has 0 saturated carbocycles. The van der Waals surface area contributed by atoms with Crippen LogP contribution in [0.2, 0.25) is 0 Å². The van der Waals surface area contributed by atoms with E-state index in [1.165, 1.54) is 23.5 Å². The molecule has 0 saturated heterocycles. The molecule has 0 bridgehead atoms. The minimum atomic E-state index is -0.275. The Balaban J connectivity index is 1.54. The average Bonchev–Trinajstić information content (AvgIpc) is 3.21. The molecule has 4 rings (SSSR count). The lowest BCUT2D eigenvalue weighted by atomic mass is 10.2. The van der Waals surface area contributed by atoms with Gasteiger partial charge < -0.3 is 5.32 Å². The number of hydrogen-bond donors (Lipinski definition) is 1. The number of carbonyl (C=O) groups excluding carboxylic acids is 1. The number of thiazole rings is 1. The van der Waals surface area contributed by atoms with Crippen molar-refractivity contribution in [2.24, 2.45) is 0 Å². The maximum absolute atomic E-state index is 13.1. The highest BCUT2D eigenvalue weighted by Gasteiger charge is 2.18. The number of nitrogens with zero attached hydrogens (tertiary/aromatic N) is 2. The minimum absolute atomic E-state index is 0.107. The number of aromatic nitrogens is 2. The number of imidazole rings is 1. The number of amides is 1. The van der Waals surface area contributed by atoms with Crippen molar-refractivity contribution in [3.63, 3.8) is 0 Å². The third-order valence-electron chi connectivity index (χ3n) is 4.27. The van der Waals surface area contributed by atoms with Crippen LogP contribution in [0.15, 0.2) is 54.7 Å². The second kappa shape index (κ2) is 7.40. The van der Waals surface area contributed by atoms with Crippen LogP contribution in [0.25, 0.3) is 16.2 Å². The summed E-state index contributed by atoms with van der Waals surface area (Å²) in [7, 11) is 0. The summed E-state index contributed by atoms with van der Waals surface area (Å²) in [5.74, 6) is -0.382. The smallest absolute Gasteiger partial charge is 0.263 e. The maximum Gasteiger partial charge on any atom is 0.263 e. The normalized spacial score (nSPS) is 11.1. The van der Waals surface area contributed by atoms with Crippen molar-refractivity contribution in [2.45, 2.75) is 13.5 Å². The lowest BCUT2D eigenvalue weighted by molar-refractivity contribution is 0.0954. The predicted molar refractivity (Wildman–Crippen MR) is 114 cm³/mol. The monoisotopic (exact) mass is 491 g/mol. The SMILES string of the molecule is Cc1c(C(=O)NCc2ccc(I)cc2)sc2nc(-c3ccc(F)cc3)cn12. The van der Waals surface area contributed by atoms with E-state index < -0.39 is 0 Å². The van der Waals surface area contributed by atoms with Crippen LogP contribution in [0.1, 0.15) is 20.9 Å². The van der Waals surface area contributed by atoms with E-state index >= 15 is 0 Å². The number of rotatable bonds is 4. The molecule has 0 radical (unpaired) electrons. The Kier molecular flexibility index (Phi) is 4.96. The Labute approximate surface area is 173 Å². The van der Waals surface area contributed by atoms with Crippen molar-refractivity contribution < 1.29 is 9.18 Å². The first kappa shape index (κ1) is 18.1. The molecule has 4 nitrogen and oxygen atoms in total. The van der Waals surface area contributed by atoms with Gasteiger partial charge in [-0.15, -0.1) is 0 Å². The van der Waals surface area contributed by atoms with Crippen molar-refractivity contribution in [1.29, 1.82) is 0 Å². The van der Waals surface area contributed by atoms with Gasteiger partial charge in [-0.3, -0.25) is 9.20 Å². The summed E-state index contributed by atoms with van der Waals surface area (Å²) < 4.78 is 16.2. The molecule has 0 spiro atoms. The summed E-state index contributed by atoms with van der Waals surface area (Å²) in [6, 6.07) is 14.3. The number of aryl methyl sites for hydroxylation is 1. The van der Waals surface area contributed by atoms with Gasteiger partial charge in [-0.05, 0) is 71.5 Å². The van der Waals surface area contributed by atoms with Gasteiger partial charge in [0.1, 0.15) is 10.7 Å². The first-order valence-corrected chi connectivity index (χ1v) is 10.2. The predicted octanol–water partition coefficient (Wildman–Crippen LogP) is 5.04. The highest BCUT2D eigenvalue weighted by atomic mass is 127. The van der Waals surface area contributed by atoms with E-state index in [0.29, 0.717) is 11.4 Å². The average molecular weight is 491 g/mol. The molecule has 1 N–H and O–H groups in total. The lowest BCUT2D eigenvalue weighted by Gasteiger charge is -2.05. The van der Waals surface area contributed by atoms with Crippen molar-refractivity contribution in [3.05, 3.63) is 80.2 Å². The molecular weight excluding hydrogens is 476 g/mol. The number of nitrogens with one attached hydrogen (secondary N) is 1. The zero-order valence-electron chi connectivity index (χ0n) is 14.4. The molecular formula is C20H15FIN3OS. The molecule has 1 amide bonds. The zero-order valence-corrected chi connectivity index (χ0v) is 17.3. The van der Waals surface area contributed by atoms with Crippen LogP contribution < -0.4 is 5.32 Å². The van der Waals surface area contributed by atoms with E-state index in [4.69, 9.17) is 0 Å². The fourth-order valence-electron chi connectivity index (χ4n) is 2.79. The Morgan fingerprint density at radius 3 is 2.56 bits per heavy atom. The summed E-state index contributed by atoms with van der Waals surface area (Å²) in [4.78, 5) is 18.6. The standard InChI is InChI=1S/C20H15FIN3OS/c1-12-18(19(26)23-10-13-2-8-16(22)9-3-13)27-20-24-17(11-25(12)20)14-4-6-15(21)7-5-14/h2-9,11H,10H2,1H3,(H,23,26). The molecule has 0 unspecified atom stereocenters. The van der Waals surface area contributed by atoms with Gasteiger partial charge in [0, 0.05) is 27.6 Å². The van der Waals surface area contributed by atoms with Gasteiger partial charge in [-0.2, -0.15) is 0 Å². The van der Waals surface area contributed by atoms with Gasteiger partial charge in [0.05, 0.1) is 5.69 Å². The van der Waals surface area contributed by atoms with Crippen molar-refractivity contribution in [2.75, 3.05) is 0 Å². The van der Waals surface area contributed by atoms with Crippen molar-refractivity contribution in [1.82, 2.24) is 14.7 Å². The second-order valence-electron chi connectivity index (χ2n) is 6.11. The molecule has 27 heavy (non-hydrogen) atoms. The second-order valence-corrected chi connectivity index (χ2v) is 8.33. The highest BCUT2D eigenvalue weighted by Crippen LogP contribution is 2.27. The summed E-state index contributed by atoms with van der Waals surface area (Å²) in [5, 5.41) is 2.97. The van der Waals surface area contributed by atoms with E-state index in [1.54, 1.807) is 12.1 Å². The van der Waals surface area contributed by atoms with Crippen LogP contribution in [0.4, 0.5) is 4.39 Å². The van der Waals surface area contributed by atoms with E-state index in [1.807, 2.05) is 41.8 Å². The van der Waals surface area contributed by atoms with Gasteiger partial charge in [0.15, 0.2) is 4.96 Å². The van der Waals surface area contributed by atoms with Gasteiger partial charge >= 0.3 is 0 Å². The zero-order chi connectivity index (χ0) is 19.0. The van der Waals surface area contributed by atoms with Gasteiger partial charge in [-0.1, -0.05) is 23.5 Å². The van der Waals surface area contributed by atoms with Crippen LogP contribution >= 0.6 is 33.9 Å². The van der Waals surface area contributed by atoms with E-state index in [0.717, 1.165) is 31.0 Å². The van der Waals surface area contributed by atoms with Crippen LogP contribution in [0.3, 0.4) is 0 Å². The Hall–Kier alpha value is -2.26. The van der Waals surface area contributed by atoms with Crippen LogP contribution in [-0.2, 0) is 6.54 Å². The minimum Gasteiger partial charge on any atom is -0.347 e. The quantitative estimate of drug-likeness (QED) is 0.407. The first-order valence-electron chi connectivity index (χ1n) is 8.28. The molecule has 4 aromatic rings. The molecule has 7 heteroatoms. The molecule has 2 aromatic heterocycles. The third-order valence-corrected chi connectivity index (χ3v) is 6.14. The first-order chi connectivity index (χ1) is 13.0. The fourth-order valence-corrected chi connectivity index (χ4v) is 4.17. The summed E-state index contributed by atoms with van der Waals surface area (Å²) in [6.07, 6.45) is 1.88. The molecule has 0 fully saturated rings. The molecule has 2 heterocycles. The van der Waals surface area contributed by atoms with Crippen molar-refractivity contribution >= 4 is 44.8 Å². The maximum atomic E-state index is 13.1. The lowest BCUT2D eigenvalue weighted by Crippen LogP contribution is -2.22.